The number of carbonyl (C=O) groups is 1. The normalized spacial score (nSPS) is 27.2. The molecule has 1 aliphatic heterocycles. The standard InChI is InChI=1S/C7H14N2O/c1-8-6-3-4-9(2)7(10)5-6/h6,8H,3-5H2,1-2H3. The number of amides is 1. The van der Waals surface area contributed by atoms with Crippen LogP contribution >= 0.6 is 0 Å². The maximum absolute atomic E-state index is 11.0. The van der Waals surface area contributed by atoms with Gasteiger partial charge in [-0.3, -0.25) is 4.79 Å². The molecule has 0 saturated carbocycles. The van der Waals surface area contributed by atoms with Gasteiger partial charge in [-0.15, -0.1) is 0 Å². The van der Waals surface area contributed by atoms with Crippen LogP contribution in [0.4, 0.5) is 0 Å². The summed E-state index contributed by atoms with van der Waals surface area (Å²) in [6, 6.07) is 0.406. The van der Waals surface area contributed by atoms with Crippen molar-refractivity contribution in [3.8, 4) is 0 Å². The molecule has 3 heteroatoms. The molecule has 0 radical (unpaired) electrons. The number of rotatable bonds is 1. The van der Waals surface area contributed by atoms with Gasteiger partial charge in [-0.25, -0.2) is 0 Å². The number of piperidine rings is 1. The van der Waals surface area contributed by atoms with Crippen LogP contribution in [0.15, 0.2) is 0 Å². The summed E-state index contributed by atoms with van der Waals surface area (Å²) < 4.78 is 0. The quantitative estimate of drug-likeness (QED) is 0.551. The van der Waals surface area contributed by atoms with Gasteiger partial charge < -0.3 is 10.2 Å². The first kappa shape index (κ1) is 7.54. The van der Waals surface area contributed by atoms with Crippen LogP contribution in [0.2, 0.25) is 0 Å². The van der Waals surface area contributed by atoms with Crippen molar-refractivity contribution in [2.45, 2.75) is 18.9 Å². The summed E-state index contributed by atoms with van der Waals surface area (Å²) >= 11 is 0. The van der Waals surface area contributed by atoms with E-state index in [4.69, 9.17) is 0 Å². The summed E-state index contributed by atoms with van der Waals surface area (Å²) in [6.07, 6.45) is 1.74. The van der Waals surface area contributed by atoms with Crippen LogP contribution in [-0.4, -0.2) is 37.5 Å². The molecule has 0 aromatic carbocycles. The third-order valence-electron chi connectivity index (χ3n) is 2.07. The fraction of sp³-hybridized carbons (Fsp3) is 0.857. The molecule has 0 aliphatic carbocycles. The Labute approximate surface area is 61.4 Å². The van der Waals surface area contributed by atoms with Crippen LogP contribution in [0.5, 0.6) is 0 Å². The molecule has 10 heavy (non-hydrogen) atoms. The molecule has 58 valence electrons. The Balaban J connectivity index is 2.41. The fourth-order valence-electron chi connectivity index (χ4n) is 1.19. The van der Waals surface area contributed by atoms with E-state index in [0.717, 1.165) is 13.0 Å². The lowest BCUT2D eigenvalue weighted by molar-refractivity contribution is -0.132. The van der Waals surface area contributed by atoms with E-state index in [1.54, 1.807) is 4.90 Å². The molecule has 0 spiro atoms. The third-order valence-corrected chi connectivity index (χ3v) is 2.07. The maximum Gasteiger partial charge on any atom is 0.223 e. The smallest absolute Gasteiger partial charge is 0.223 e. The van der Waals surface area contributed by atoms with Crippen LogP contribution in [0.25, 0.3) is 0 Å². The average molecular weight is 142 g/mol. The molecule has 1 aliphatic rings. The predicted octanol–water partition coefficient (Wildman–Crippen LogP) is -0.173. The molecule has 1 fully saturated rings. The van der Waals surface area contributed by atoms with Gasteiger partial charge in [-0.05, 0) is 13.5 Å². The van der Waals surface area contributed by atoms with Crippen LogP contribution in [0.3, 0.4) is 0 Å². The number of likely N-dealkylation sites (tertiary alicyclic amines) is 1. The second kappa shape index (κ2) is 3.01. The summed E-state index contributed by atoms with van der Waals surface area (Å²) in [4.78, 5) is 12.8. The van der Waals surface area contributed by atoms with E-state index in [1.165, 1.54) is 0 Å². The van der Waals surface area contributed by atoms with Crippen molar-refractivity contribution >= 4 is 5.91 Å². The van der Waals surface area contributed by atoms with Gasteiger partial charge in [-0.2, -0.15) is 0 Å². The van der Waals surface area contributed by atoms with Gasteiger partial charge in [0.25, 0.3) is 0 Å². The van der Waals surface area contributed by atoms with E-state index in [9.17, 15) is 4.79 Å². The minimum atomic E-state index is 0.255. The Morgan fingerprint density at radius 1 is 1.70 bits per heavy atom. The van der Waals surface area contributed by atoms with Crippen molar-refractivity contribution in [1.82, 2.24) is 10.2 Å². The Hall–Kier alpha value is -0.570. The molecule has 1 saturated heterocycles. The van der Waals surface area contributed by atoms with Crippen molar-refractivity contribution in [3.63, 3.8) is 0 Å². The van der Waals surface area contributed by atoms with E-state index in [0.29, 0.717) is 12.5 Å². The molecular weight excluding hydrogens is 128 g/mol. The first-order valence-corrected chi connectivity index (χ1v) is 3.65. The Kier molecular flexibility index (Phi) is 2.27. The Bertz CT molecular complexity index is 136. The number of hydrogen-bond donors (Lipinski definition) is 1. The van der Waals surface area contributed by atoms with E-state index in [2.05, 4.69) is 5.32 Å². The van der Waals surface area contributed by atoms with Crippen molar-refractivity contribution < 1.29 is 4.79 Å². The zero-order valence-electron chi connectivity index (χ0n) is 6.55. The van der Waals surface area contributed by atoms with Crippen LogP contribution < -0.4 is 5.32 Å². The van der Waals surface area contributed by atoms with E-state index >= 15 is 0 Å². The molecule has 3 nitrogen and oxygen atoms in total. The van der Waals surface area contributed by atoms with E-state index < -0.39 is 0 Å². The van der Waals surface area contributed by atoms with Crippen LogP contribution in [0, 0.1) is 0 Å². The summed E-state index contributed by atoms with van der Waals surface area (Å²) in [6.45, 7) is 0.893. The van der Waals surface area contributed by atoms with Crippen LogP contribution in [-0.2, 0) is 4.79 Å². The first-order valence-electron chi connectivity index (χ1n) is 3.65. The molecule has 1 amide bonds. The Morgan fingerprint density at radius 2 is 2.40 bits per heavy atom. The molecule has 1 rings (SSSR count). The monoisotopic (exact) mass is 142 g/mol. The molecule has 0 aromatic rings. The molecule has 1 atom stereocenters. The highest BCUT2D eigenvalue weighted by molar-refractivity contribution is 5.77. The van der Waals surface area contributed by atoms with Gasteiger partial charge in [0.15, 0.2) is 0 Å². The SMILES string of the molecule is CNC1CCN(C)C(=O)C1. The highest BCUT2D eigenvalue weighted by Gasteiger charge is 2.21. The second-order valence-electron chi connectivity index (χ2n) is 2.79. The topological polar surface area (TPSA) is 32.3 Å². The minimum absolute atomic E-state index is 0.255. The number of nitrogens with zero attached hydrogens (tertiary/aromatic N) is 1. The molecule has 0 bridgehead atoms. The number of nitrogens with one attached hydrogen (secondary N) is 1. The summed E-state index contributed by atoms with van der Waals surface area (Å²) in [5.41, 5.74) is 0. The highest BCUT2D eigenvalue weighted by Crippen LogP contribution is 2.08. The van der Waals surface area contributed by atoms with E-state index in [-0.39, 0.29) is 5.91 Å². The minimum Gasteiger partial charge on any atom is -0.346 e. The molecule has 1 N–H and O–H groups in total. The largest absolute Gasteiger partial charge is 0.346 e. The van der Waals surface area contributed by atoms with Crippen molar-refractivity contribution in [2.24, 2.45) is 0 Å². The van der Waals surface area contributed by atoms with Gasteiger partial charge in [0.2, 0.25) is 5.91 Å². The van der Waals surface area contributed by atoms with Crippen molar-refractivity contribution in [1.29, 1.82) is 0 Å². The lowest BCUT2D eigenvalue weighted by atomic mass is 10.1. The molecule has 0 aromatic heterocycles. The van der Waals surface area contributed by atoms with Gasteiger partial charge in [0.1, 0.15) is 0 Å². The van der Waals surface area contributed by atoms with Crippen molar-refractivity contribution in [3.05, 3.63) is 0 Å². The zero-order valence-corrected chi connectivity index (χ0v) is 6.55. The third kappa shape index (κ3) is 1.48. The highest BCUT2D eigenvalue weighted by atomic mass is 16.2. The van der Waals surface area contributed by atoms with Crippen molar-refractivity contribution in [2.75, 3.05) is 20.6 Å². The van der Waals surface area contributed by atoms with Crippen LogP contribution in [0.1, 0.15) is 12.8 Å². The van der Waals surface area contributed by atoms with E-state index in [1.807, 2.05) is 14.1 Å². The van der Waals surface area contributed by atoms with Gasteiger partial charge in [0, 0.05) is 26.1 Å². The maximum atomic E-state index is 11.0. The van der Waals surface area contributed by atoms with Gasteiger partial charge in [0.05, 0.1) is 0 Å². The van der Waals surface area contributed by atoms with Gasteiger partial charge >= 0.3 is 0 Å². The lowest BCUT2D eigenvalue weighted by Gasteiger charge is -2.28. The fourth-order valence-corrected chi connectivity index (χ4v) is 1.19. The predicted molar refractivity (Wildman–Crippen MR) is 39.7 cm³/mol. The molecular formula is C7H14N2O. The summed E-state index contributed by atoms with van der Waals surface area (Å²) in [5, 5.41) is 3.11. The second-order valence-corrected chi connectivity index (χ2v) is 2.79. The first-order chi connectivity index (χ1) is 4.74. The molecule has 1 heterocycles. The summed E-state index contributed by atoms with van der Waals surface area (Å²) in [7, 11) is 3.76. The zero-order chi connectivity index (χ0) is 7.56. The molecule has 1 unspecified atom stereocenters. The Morgan fingerprint density at radius 3 is 2.90 bits per heavy atom. The van der Waals surface area contributed by atoms with Gasteiger partial charge in [-0.1, -0.05) is 0 Å². The summed E-state index contributed by atoms with van der Waals surface area (Å²) in [5.74, 6) is 0.255. The number of carbonyl (C=O) groups excluding carboxylic acids is 1. The average Bonchev–Trinajstić information content (AvgIpc) is 1.95. The number of hydrogen-bond acceptors (Lipinski definition) is 2. The lowest BCUT2D eigenvalue weighted by Crippen LogP contribution is -2.42.